The third-order valence-electron chi connectivity index (χ3n) is 3.83. The van der Waals surface area contributed by atoms with E-state index in [1.807, 2.05) is 60.7 Å². The maximum Gasteiger partial charge on any atom is 0.185 e. The SMILES string of the molecule is N=C(N)NC[C@@H](O)COc1ccc(Oc2ccccc2)c(Oc2ccccc2)c1. The molecule has 0 spiro atoms. The molecule has 0 aliphatic heterocycles. The van der Waals surface area contributed by atoms with E-state index in [1.165, 1.54) is 0 Å². The van der Waals surface area contributed by atoms with Crippen molar-refractivity contribution in [3.63, 3.8) is 0 Å². The third-order valence-corrected chi connectivity index (χ3v) is 3.83. The highest BCUT2D eigenvalue weighted by Gasteiger charge is 2.12. The van der Waals surface area contributed by atoms with E-state index in [-0.39, 0.29) is 19.1 Å². The first-order valence-corrected chi connectivity index (χ1v) is 9.09. The molecule has 29 heavy (non-hydrogen) atoms. The summed E-state index contributed by atoms with van der Waals surface area (Å²) < 4.78 is 17.6. The van der Waals surface area contributed by atoms with Crippen LogP contribution in [0.1, 0.15) is 0 Å². The summed E-state index contributed by atoms with van der Waals surface area (Å²) in [5.41, 5.74) is 5.21. The number of nitrogens with one attached hydrogen (secondary N) is 2. The Balaban J connectivity index is 1.75. The maximum atomic E-state index is 9.92. The van der Waals surface area contributed by atoms with Gasteiger partial charge in [0.05, 0.1) is 0 Å². The molecule has 0 unspecified atom stereocenters. The molecule has 3 aromatic carbocycles. The second kappa shape index (κ2) is 10.0. The van der Waals surface area contributed by atoms with Gasteiger partial charge in [0.25, 0.3) is 0 Å². The first-order valence-electron chi connectivity index (χ1n) is 9.09. The molecular formula is C22H23N3O4. The van der Waals surface area contributed by atoms with E-state index in [1.54, 1.807) is 18.2 Å². The van der Waals surface area contributed by atoms with Crippen molar-refractivity contribution in [3.05, 3.63) is 78.9 Å². The van der Waals surface area contributed by atoms with Gasteiger partial charge in [-0.3, -0.25) is 5.41 Å². The first-order chi connectivity index (χ1) is 14.1. The number of hydrogen-bond donors (Lipinski definition) is 4. The number of rotatable bonds is 9. The predicted octanol–water partition coefficient (Wildman–Crippen LogP) is 3.49. The van der Waals surface area contributed by atoms with Crippen LogP contribution in [0, 0.1) is 5.41 Å². The van der Waals surface area contributed by atoms with Crippen LogP contribution in [0.25, 0.3) is 0 Å². The topological polar surface area (TPSA) is 110 Å². The molecule has 0 saturated carbocycles. The minimum absolute atomic E-state index is 0.0317. The summed E-state index contributed by atoms with van der Waals surface area (Å²) >= 11 is 0. The summed E-state index contributed by atoms with van der Waals surface area (Å²) in [5.74, 6) is 2.67. The van der Waals surface area contributed by atoms with Gasteiger partial charge >= 0.3 is 0 Å². The van der Waals surface area contributed by atoms with Crippen molar-refractivity contribution in [1.29, 1.82) is 5.41 Å². The molecule has 150 valence electrons. The molecule has 7 heteroatoms. The zero-order valence-electron chi connectivity index (χ0n) is 15.7. The fourth-order valence-electron chi connectivity index (χ4n) is 2.45. The van der Waals surface area contributed by atoms with Crippen molar-refractivity contribution in [2.24, 2.45) is 5.73 Å². The normalized spacial score (nSPS) is 11.3. The van der Waals surface area contributed by atoms with E-state index in [0.717, 1.165) is 0 Å². The van der Waals surface area contributed by atoms with Crippen molar-refractivity contribution in [2.75, 3.05) is 13.2 Å². The molecule has 0 bridgehead atoms. The van der Waals surface area contributed by atoms with Crippen LogP contribution in [0.15, 0.2) is 78.9 Å². The molecule has 0 fully saturated rings. The first kappa shape index (κ1) is 20.0. The Labute approximate surface area is 169 Å². The van der Waals surface area contributed by atoms with E-state index >= 15 is 0 Å². The van der Waals surface area contributed by atoms with Crippen LogP contribution >= 0.6 is 0 Å². The van der Waals surface area contributed by atoms with E-state index in [4.69, 9.17) is 25.4 Å². The van der Waals surface area contributed by atoms with E-state index in [9.17, 15) is 5.11 Å². The summed E-state index contributed by atoms with van der Waals surface area (Å²) in [4.78, 5) is 0. The van der Waals surface area contributed by atoms with Crippen molar-refractivity contribution < 1.29 is 19.3 Å². The van der Waals surface area contributed by atoms with E-state index in [0.29, 0.717) is 28.7 Å². The quantitative estimate of drug-likeness (QED) is 0.327. The molecule has 0 amide bonds. The number of guanidine groups is 1. The van der Waals surface area contributed by atoms with E-state index < -0.39 is 6.10 Å². The molecule has 7 nitrogen and oxygen atoms in total. The van der Waals surface area contributed by atoms with Crippen molar-refractivity contribution in [2.45, 2.75) is 6.10 Å². The zero-order valence-corrected chi connectivity index (χ0v) is 15.7. The second-order valence-corrected chi connectivity index (χ2v) is 6.20. The van der Waals surface area contributed by atoms with Gasteiger partial charge in [-0.05, 0) is 36.4 Å². The molecule has 3 rings (SSSR count). The second-order valence-electron chi connectivity index (χ2n) is 6.20. The van der Waals surface area contributed by atoms with Gasteiger partial charge in [-0.25, -0.2) is 0 Å². The Morgan fingerprint density at radius 2 is 1.45 bits per heavy atom. The van der Waals surface area contributed by atoms with Crippen LogP contribution in [0.4, 0.5) is 0 Å². The molecule has 0 aromatic heterocycles. The van der Waals surface area contributed by atoms with Gasteiger partial charge in [0.15, 0.2) is 17.5 Å². The minimum Gasteiger partial charge on any atom is -0.491 e. The van der Waals surface area contributed by atoms with Crippen LogP contribution in [-0.2, 0) is 0 Å². The van der Waals surface area contributed by atoms with Crippen molar-refractivity contribution >= 4 is 5.96 Å². The number of benzene rings is 3. The molecule has 0 heterocycles. The van der Waals surface area contributed by atoms with Gasteiger partial charge in [0.1, 0.15) is 30.0 Å². The van der Waals surface area contributed by atoms with E-state index in [2.05, 4.69) is 5.32 Å². The highest BCUT2D eigenvalue weighted by atomic mass is 16.5. The lowest BCUT2D eigenvalue weighted by atomic mass is 10.2. The average molecular weight is 393 g/mol. The summed E-state index contributed by atoms with van der Waals surface area (Å²) in [6.45, 7) is 0.155. The van der Waals surface area contributed by atoms with Crippen LogP contribution in [0.3, 0.4) is 0 Å². The summed E-state index contributed by atoms with van der Waals surface area (Å²) in [7, 11) is 0. The van der Waals surface area contributed by atoms with Gasteiger partial charge in [0, 0.05) is 12.6 Å². The number of hydrogen-bond acceptors (Lipinski definition) is 5. The molecule has 5 N–H and O–H groups in total. The third kappa shape index (κ3) is 6.44. The lowest BCUT2D eigenvalue weighted by molar-refractivity contribution is 0.110. The number of aliphatic hydroxyl groups excluding tert-OH is 1. The van der Waals surface area contributed by atoms with Crippen LogP contribution in [0.2, 0.25) is 0 Å². The highest BCUT2D eigenvalue weighted by molar-refractivity contribution is 5.74. The Kier molecular flexibility index (Phi) is 6.91. The van der Waals surface area contributed by atoms with Gasteiger partial charge < -0.3 is 30.4 Å². The monoisotopic (exact) mass is 393 g/mol. The number of para-hydroxylation sites is 2. The van der Waals surface area contributed by atoms with Crippen molar-refractivity contribution in [1.82, 2.24) is 5.32 Å². The van der Waals surface area contributed by atoms with Crippen LogP contribution in [0.5, 0.6) is 28.7 Å². The smallest absolute Gasteiger partial charge is 0.185 e. The Bertz CT molecular complexity index is 920. The highest BCUT2D eigenvalue weighted by Crippen LogP contribution is 2.37. The molecule has 1 atom stereocenters. The lowest BCUT2D eigenvalue weighted by Gasteiger charge is -2.16. The van der Waals surface area contributed by atoms with Crippen LogP contribution < -0.4 is 25.3 Å². The molecular weight excluding hydrogens is 370 g/mol. The average Bonchev–Trinajstić information content (AvgIpc) is 2.74. The molecule has 0 aliphatic rings. The van der Waals surface area contributed by atoms with Gasteiger partial charge in [-0.15, -0.1) is 0 Å². The standard InChI is InChI=1S/C22H23N3O4/c23-22(24)25-14-16(26)15-27-19-11-12-20(28-17-7-3-1-4-8-17)21(13-19)29-18-9-5-2-6-10-18/h1-13,16,26H,14-15H2,(H4,23,24,25)/t16-/m1/s1. The number of ether oxygens (including phenoxy) is 3. The minimum atomic E-state index is -0.822. The fraction of sp³-hybridized carbons (Fsp3) is 0.136. The van der Waals surface area contributed by atoms with Gasteiger partial charge in [-0.1, -0.05) is 36.4 Å². The zero-order chi connectivity index (χ0) is 20.5. The fourth-order valence-corrected chi connectivity index (χ4v) is 2.45. The van der Waals surface area contributed by atoms with Crippen molar-refractivity contribution in [3.8, 4) is 28.7 Å². The Morgan fingerprint density at radius 3 is 2.03 bits per heavy atom. The summed E-state index contributed by atoms with van der Waals surface area (Å²) in [5, 5.41) is 19.6. The van der Waals surface area contributed by atoms with Crippen LogP contribution in [-0.4, -0.2) is 30.3 Å². The summed E-state index contributed by atoms with van der Waals surface area (Å²) in [6, 6.07) is 24.0. The van der Waals surface area contributed by atoms with Gasteiger partial charge in [-0.2, -0.15) is 0 Å². The lowest BCUT2D eigenvalue weighted by Crippen LogP contribution is -2.38. The predicted molar refractivity (Wildman–Crippen MR) is 111 cm³/mol. The summed E-state index contributed by atoms with van der Waals surface area (Å²) in [6.07, 6.45) is -0.822. The maximum absolute atomic E-state index is 9.92. The molecule has 0 radical (unpaired) electrons. The molecule has 3 aromatic rings. The Morgan fingerprint density at radius 1 is 0.862 bits per heavy atom. The molecule has 0 aliphatic carbocycles. The Hall–Kier alpha value is -3.71. The molecule has 0 saturated heterocycles. The van der Waals surface area contributed by atoms with Gasteiger partial charge in [0.2, 0.25) is 0 Å². The largest absolute Gasteiger partial charge is 0.491 e. The number of aliphatic hydroxyl groups is 1. The number of nitrogens with two attached hydrogens (primary N) is 1.